The maximum atomic E-state index is 13.8. The van der Waals surface area contributed by atoms with Crippen LogP contribution in [0.25, 0.3) is 0 Å². The van der Waals surface area contributed by atoms with E-state index in [-0.39, 0.29) is 5.56 Å². The molecule has 1 N–H and O–H groups in total. The summed E-state index contributed by atoms with van der Waals surface area (Å²) in [5, 5.41) is 10.4. The summed E-state index contributed by atoms with van der Waals surface area (Å²) in [4.78, 5) is 0. The molecular weight excluding hydrogens is 275 g/mol. The number of halogens is 1. The number of ether oxygens (including phenoxy) is 3. The first-order chi connectivity index (χ1) is 10.1. The van der Waals surface area contributed by atoms with Gasteiger partial charge in [-0.15, -0.1) is 0 Å². The van der Waals surface area contributed by atoms with E-state index in [4.69, 9.17) is 14.2 Å². The Labute approximate surface area is 122 Å². The van der Waals surface area contributed by atoms with Crippen molar-refractivity contribution < 1.29 is 23.7 Å². The lowest BCUT2D eigenvalue weighted by Gasteiger charge is -2.17. The normalized spacial score (nSPS) is 11.9. The molecule has 0 aliphatic heterocycles. The molecule has 1 unspecified atom stereocenters. The fraction of sp³-hybridized carbons (Fsp3) is 0.250. The Kier molecular flexibility index (Phi) is 4.65. The molecule has 0 fully saturated rings. The third kappa shape index (κ3) is 2.92. The van der Waals surface area contributed by atoms with Crippen molar-refractivity contribution in [1.29, 1.82) is 0 Å². The minimum Gasteiger partial charge on any atom is -0.493 e. The molecule has 4 nitrogen and oxygen atoms in total. The lowest BCUT2D eigenvalue weighted by Crippen LogP contribution is -2.04. The van der Waals surface area contributed by atoms with E-state index >= 15 is 0 Å². The highest BCUT2D eigenvalue weighted by molar-refractivity contribution is 5.55. The number of aliphatic hydroxyl groups is 1. The van der Waals surface area contributed by atoms with E-state index < -0.39 is 11.9 Å². The SMILES string of the molecule is COc1cc(C(O)c2ccccc2F)cc(OC)c1OC. The van der Waals surface area contributed by atoms with Crippen LogP contribution < -0.4 is 14.2 Å². The van der Waals surface area contributed by atoms with Crippen molar-refractivity contribution >= 4 is 0 Å². The second-order valence-electron chi connectivity index (χ2n) is 4.38. The second kappa shape index (κ2) is 6.45. The summed E-state index contributed by atoms with van der Waals surface area (Å²) in [5.41, 5.74) is 0.640. The van der Waals surface area contributed by atoms with Crippen molar-refractivity contribution in [2.75, 3.05) is 21.3 Å². The smallest absolute Gasteiger partial charge is 0.203 e. The topological polar surface area (TPSA) is 47.9 Å². The zero-order valence-corrected chi connectivity index (χ0v) is 12.1. The van der Waals surface area contributed by atoms with Crippen LogP contribution in [0.1, 0.15) is 17.2 Å². The lowest BCUT2D eigenvalue weighted by atomic mass is 10.00. The van der Waals surface area contributed by atoms with Gasteiger partial charge in [0.2, 0.25) is 5.75 Å². The van der Waals surface area contributed by atoms with Gasteiger partial charge in [0.25, 0.3) is 0 Å². The number of hydrogen-bond acceptors (Lipinski definition) is 4. The van der Waals surface area contributed by atoms with Gasteiger partial charge in [0.15, 0.2) is 11.5 Å². The van der Waals surface area contributed by atoms with E-state index in [1.807, 2.05) is 0 Å². The lowest BCUT2D eigenvalue weighted by molar-refractivity contribution is 0.213. The van der Waals surface area contributed by atoms with Gasteiger partial charge in [-0.05, 0) is 23.8 Å². The van der Waals surface area contributed by atoms with Crippen molar-refractivity contribution in [1.82, 2.24) is 0 Å². The minimum absolute atomic E-state index is 0.187. The molecule has 5 heteroatoms. The molecule has 0 spiro atoms. The Hall–Kier alpha value is -2.27. The largest absolute Gasteiger partial charge is 0.493 e. The predicted octanol–water partition coefficient (Wildman–Crippen LogP) is 2.93. The fourth-order valence-corrected chi connectivity index (χ4v) is 2.14. The Morgan fingerprint density at radius 1 is 0.952 bits per heavy atom. The van der Waals surface area contributed by atoms with Crippen LogP contribution in [-0.4, -0.2) is 26.4 Å². The highest BCUT2D eigenvalue weighted by Crippen LogP contribution is 2.40. The first kappa shape index (κ1) is 15.1. The summed E-state index contributed by atoms with van der Waals surface area (Å²) >= 11 is 0. The summed E-state index contributed by atoms with van der Waals surface area (Å²) in [6.45, 7) is 0. The molecule has 2 rings (SSSR count). The van der Waals surface area contributed by atoms with Gasteiger partial charge >= 0.3 is 0 Å². The Morgan fingerprint density at radius 3 is 2.00 bits per heavy atom. The molecule has 0 aliphatic rings. The van der Waals surface area contributed by atoms with Gasteiger partial charge in [-0.3, -0.25) is 0 Å². The standard InChI is InChI=1S/C16H17FO4/c1-19-13-8-10(9-14(20-2)16(13)21-3)15(18)11-6-4-5-7-12(11)17/h4-9,15,18H,1-3H3. The van der Waals surface area contributed by atoms with E-state index in [0.29, 0.717) is 22.8 Å². The van der Waals surface area contributed by atoms with E-state index in [9.17, 15) is 9.50 Å². The van der Waals surface area contributed by atoms with Crippen LogP contribution in [0.5, 0.6) is 17.2 Å². The Morgan fingerprint density at radius 2 is 1.52 bits per heavy atom. The molecular formula is C16H17FO4. The number of aliphatic hydroxyl groups excluding tert-OH is 1. The molecule has 0 amide bonds. The van der Waals surface area contributed by atoms with Gasteiger partial charge in [-0.1, -0.05) is 18.2 Å². The molecule has 0 saturated heterocycles. The predicted molar refractivity (Wildman–Crippen MR) is 76.6 cm³/mol. The van der Waals surface area contributed by atoms with Gasteiger partial charge in [0.05, 0.1) is 21.3 Å². The quantitative estimate of drug-likeness (QED) is 0.920. The summed E-state index contributed by atoms with van der Waals surface area (Å²) in [6, 6.07) is 9.26. The van der Waals surface area contributed by atoms with Gasteiger partial charge in [0.1, 0.15) is 11.9 Å². The number of benzene rings is 2. The number of rotatable bonds is 5. The van der Waals surface area contributed by atoms with Crippen LogP contribution in [0.15, 0.2) is 36.4 Å². The van der Waals surface area contributed by atoms with E-state index in [0.717, 1.165) is 0 Å². The molecule has 112 valence electrons. The molecule has 0 bridgehead atoms. The molecule has 0 aliphatic carbocycles. The highest BCUT2D eigenvalue weighted by atomic mass is 19.1. The number of methoxy groups -OCH3 is 3. The summed E-state index contributed by atoms with van der Waals surface area (Å²) in [7, 11) is 4.46. The van der Waals surface area contributed by atoms with Crippen LogP contribution in [-0.2, 0) is 0 Å². The molecule has 0 saturated carbocycles. The van der Waals surface area contributed by atoms with Crippen LogP contribution in [0.2, 0.25) is 0 Å². The first-order valence-electron chi connectivity index (χ1n) is 6.34. The molecule has 2 aromatic carbocycles. The van der Waals surface area contributed by atoms with Crippen molar-refractivity contribution in [3.63, 3.8) is 0 Å². The highest BCUT2D eigenvalue weighted by Gasteiger charge is 2.20. The zero-order chi connectivity index (χ0) is 15.4. The summed E-state index contributed by atoms with van der Waals surface area (Å²) in [5.74, 6) is 0.757. The third-order valence-corrected chi connectivity index (χ3v) is 3.20. The van der Waals surface area contributed by atoms with Crippen molar-refractivity contribution in [2.24, 2.45) is 0 Å². The average Bonchev–Trinajstić information content (AvgIpc) is 2.53. The Bertz CT molecular complexity index is 602. The zero-order valence-electron chi connectivity index (χ0n) is 12.1. The number of hydrogen-bond donors (Lipinski definition) is 1. The van der Waals surface area contributed by atoms with Crippen LogP contribution in [0.4, 0.5) is 4.39 Å². The van der Waals surface area contributed by atoms with E-state index in [1.165, 1.54) is 33.5 Å². The molecule has 0 heterocycles. The van der Waals surface area contributed by atoms with Crippen LogP contribution in [0.3, 0.4) is 0 Å². The summed E-state index contributed by atoms with van der Waals surface area (Å²) in [6.07, 6.45) is -1.13. The van der Waals surface area contributed by atoms with E-state index in [2.05, 4.69) is 0 Å². The van der Waals surface area contributed by atoms with Gasteiger partial charge < -0.3 is 19.3 Å². The second-order valence-corrected chi connectivity index (χ2v) is 4.38. The van der Waals surface area contributed by atoms with Gasteiger partial charge in [-0.25, -0.2) is 4.39 Å². The Balaban J connectivity index is 2.51. The minimum atomic E-state index is -1.13. The maximum Gasteiger partial charge on any atom is 0.203 e. The van der Waals surface area contributed by atoms with Gasteiger partial charge in [0, 0.05) is 5.56 Å². The van der Waals surface area contributed by atoms with Crippen LogP contribution >= 0.6 is 0 Å². The van der Waals surface area contributed by atoms with E-state index in [1.54, 1.807) is 24.3 Å². The summed E-state index contributed by atoms with van der Waals surface area (Å²) < 4.78 is 29.5. The first-order valence-corrected chi connectivity index (χ1v) is 6.34. The molecule has 1 atom stereocenters. The third-order valence-electron chi connectivity index (χ3n) is 3.20. The van der Waals surface area contributed by atoms with Crippen LogP contribution in [0, 0.1) is 5.82 Å². The maximum absolute atomic E-state index is 13.8. The fourth-order valence-electron chi connectivity index (χ4n) is 2.14. The average molecular weight is 292 g/mol. The van der Waals surface area contributed by atoms with Crippen molar-refractivity contribution in [3.05, 3.63) is 53.3 Å². The van der Waals surface area contributed by atoms with Crippen molar-refractivity contribution in [3.8, 4) is 17.2 Å². The molecule has 0 aromatic heterocycles. The van der Waals surface area contributed by atoms with Gasteiger partial charge in [-0.2, -0.15) is 0 Å². The monoisotopic (exact) mass is 292 g/mol. The molecule has 0 radical (unpaired) electrons. The molecule has 21 heavy (non-hydrogen) atoms. The van der Waals surface area contributed by atoms with Crippen molar-refractivity contribution in [2.45, 2.75) is 6.10 Å². The molecule has 2 aromatic rings.